The molecule has 0 atom stereocenters. The van der Waals surface area contributed by atoms with Crippen LogP contribution in [0.2, 0.25) is 0 Å². The molecule has 0 aliphatic carbocycles. The van der Waals surface area contributed by atoms with Crippen LogP contribution in [-0.2, 0) is 16.4 Å². The molecule has 190 valence electrons. The fourth-order valence-corrected chi connectivity index (χ4v) is 4.57. The zero-order valence-corrected chi connectivity index (χ0v) is 22.8. The molecule has 36 heavy (non-hydrogen) atoms. The smallest absolute Gasteiger partial charge is 0.206 e. The number of ether oxygens (including phenoxy) is 2. The Morgan fingerprint density at radius 2 is 1.00 bits per heavy atom. The van der Waals surface area contributed by atoms with Crippen molar-refractivity contribution in [3.63, 3.8) is 0 Å². The number of aryl methyl sites for hydroxylation is 1. The summed E-state index contributed by atoms with van der Waals surface area (Å²) in [6.45, 7) is 10.4. The molecule has 0 amide bonds. The first kappa shape index (κ1) is 28.7. The zero-order chi connectivity index (χ0) is 26.6. The van der Waals surface area contributed by atoms with E-state index in [0.29, 0.717) is 12.4 Å². The molecule has 4 nitrogen and oxygen atoms in total. The van der Waals surface area contributed by atoms with Gasteiger partial charge in [-0.1, -0.05) is 81.8 Å². The predicted octanol–water partition coefficient (Wildman–Crippen LogP) is 8.13. The maximum absolute atomic E-state index is 12.8. The van der Waals surface area contributed by atoms with E-state index in [2.05, 4.69) is 31.2 Å². The lowest BCUT2D eigenvalue weighted by atomic mass is 10.0. The third kappa shape index (κ3) is 7.46. The zero-order valence-electron chi connectivity index (χ0n) is 22.0. The lowest BCUT2D eigenvalue weighted by Crippen LogP contribution is -2.03. The number of sulfone groups is 1. The SMILES string of the molecule is CC.CC.COc1ccc(S(=O)(=O)c2ccc(COc3ccc(-c4ccc(C)cc4)cc3)cc2)cc1. The second kappa shape index (κ2) is 14.1. The average Bonchev–Trinajstić information content (AvgIpc) is 2.95. The predicted molar refractivity (Wildman–Crippen MR) is 149 cm³/mol. The second-order valence-electron chi connectivity index (χ2n) is 7.50. The van der Waals surface area contributed by atoms with E-state index in [1.165, 1.54) is 5.56 Å². The van der Waals surface area contributed by atoms with Gasteiger partial charge < -0.3 is 9.47 Å². The van der Waals surface area contributed by atoms with Crippen LogP contribution in [0.4, 0.5) is 0 Å². The largest absolute Gasteiger partial charge is 0.497 e. The molecular formula is C31H36O4S. The summed E-state index contributed by atoms with van der Waals surface area (Å²) >= 11 is 0. The maximum atomic E-state index is 12.8. The minimum absolute atomic E-state index is 0.232. The van der Waals surface area contributed by atoms with Crippen LogP contribution in [0, 0.1) is 6.92 Å². The van der Waals surface area contributed by atoms with Crippen LogP contribution in [0.25, 0.3) is 11.1 Å². The number of hydrogen-bond donors (Lipinski definition) is 0. The van der Waals surface area contributed by atoms with Crippen LogP contribution in [0.1, 0.15) is 38.8 Å². The summed E-state index contributed by atoms with van der Waals surface area (Å²) in [5.74, 6) is 1.37. The van der Waals surface area contributed by atoms with Gasteiger partial charge in [-0.05, 0) is 72.1 Å². The van der Waals surface area contributed by atoms with E-state index in [4.69, 9.17) is 9.47 Å². The first-order chi connectivity index (χ1) is 17.5. The summed E-state index contributed by atoms with van der Waals surface area (Å²) in [7, 11) is -2.03. The van der Waals surface area contributed by atoms with Crippen molar-refractivity contribution in [2.75, 3.05) is 7.11 Å². The molecule has 4 rings (SSSR count). The van der Waals surface area contributed by atoms with Crippen molar-refractivity contribution in [3.8, 4) is 22.6 Å². The van der Waals surface area contributed by atoms with Crippen LogP contribution in [-0.4, -0.2) is 15.5 Å². The van der Waals surface area contributed by atoms with Gasteiger partial charge in [0.1, 0.15) is 18.1 Å². The van der Waals surface area contributed by atoms with Gasteiger partial charge in [-0.3, -0.25) is 0 Å². The number of hydrogen-bond acceptors (Lipinski definition) is 4. The molecule has 4 aromatic rings. The van der Waals surface area contributed by atoms with E-state index < -0.39 is 9.84 Å². The van der Waals surface area contributed by atoms with Crippen LogP contribution in [0.3, 0.4) is 0 Å². The summed E-state index contributed by atoms with van der Waals surface area (Å²) in [6, 6.07) is 29.5. The Kier molecular flexibility index (Phi) is 11.2. The Bertz CT molecular complexity index is 1280. The topological polar surface area (TPSA) is 52.6 Å². The van der Waals surface area contributed by atoms with E-state index in [1.807, 2.05) is 52.0 Å². The van der Waals surface area contributed by atoms with E-state index in [-0.39, 0.29) is 9.79 Å². The number of methoxy groups -OCH3 is 1. The fourth-order valence-electron chi connectivity index (χ4n) is 3.31. The van der Waals surface area contributed by atoms with Gasteiger partial charge in [0.15, 0.2) is 0 Å². The first-order valence-corrected chi connectivity index (χ1v) is 13.7. The molecule has 0 aliphatic heterocycles. The molecule has 5 heteroatoms. The monoisotopic (exact) mass is 504 g/mol. The van der Waals surface area contributed by atoms with Crippen molar-refractivity contribution in [1.29, 1.82) is 0 Å². The molecule has 0 saturated carbocycles. The van der Waals surface area contributed by atoms with Crippen LogP contribution >= 0.6 is 0 Å². The quantitative estimate of drug-likeness (QED) is 0.255. The van der Waals surface area contributed by atoms with Crippen molar-refractivity contribution in [2.45, 2.75) is 51.0 Å². The van der Waals surface area contributed by atoms with Crippen molar-refractivity contribution in [3.05, 3.63) is 108 Å². The molecule has 0 aliphatic rings. The molecule has 0 saturated heterocycles. The third-order valence-corrected chi connectivity index (χ3v) is 7.03. The molecule has 0 spiro atoms. The average molecular weight is 505 g/mol. The van der Waals surface area contributed by atoms with Gasteiger partial charge in [-0.2, -0.15) is 0 Å². The summed E-state index contributed by atoms with van der Waals surface area (Å²) in [5.41, 5.74) is 4.42. The van der Waals surface area contributed by atoms with E-state index in [9.17, 15) is 8.42 Å². The van der Waals surface area contributed by atoms with E-state index >= 15 is 0 Å². The molecule has 0 radical (unpaired) electrons. The van der Waals surface area contributed by atoms with Crippen LogP contribution in [0.5, 0.6) is 11.5 Å². The highest BCUT2D eigenvalue weighted by molar-refractivity contribution is 7.91. The van der Waals surface area contributed by atoms with Gasteiger partial charge in [0.05, 0.1) is 16.9 Å². The van der Waals surface area contributed by atoms with Crippen molar-refractivity contribution >= 4 is 9.84 Å². The molecule has 0 heterocycles. The Morgan fingerprint density at radius 3 is 1.47 bits per heavy atom. The minimum Gasteiger partial charge on any atom is -0.497 e. The van der Waals surface area contributed by atoms with Gasteiger partial charge in [0.25, 0.3) is 0 Å². The van der Waals surface area contributed by atoms with Crippen molar-refractivity contribution in [2.24, 2.45) is 0 Å². The minimum atomic E-state index is -3.58. The normalized spacial score (nSPS) is 10.3. The summed E-state index contributed by atoms with van der Waals surface area (Å²) < 4.78 is 36.6. The summed E-state index contributed by atoms with van der Waals surface area (Å²) in [4.78, 5) is 0.477. The highest BCUT2D eigenvalue weighted by Crippen LogP contribution is 2.25. The molecule has 0 fully saturated rings. The van der Waals surface area contributed by atoms with Gasteiger partial charge in [0.2, 0.25) is 9.84 Å². The maximum Gasteiger partial charge on any atom is 0.206 e. The van der Waals surface area contributed by atoms with E-state index in [0.717, 1.165) is 22.4 Å². The van der Waals surface area contributed by atoms with Gasteiger partial charge in [0, 0.05) is 0 Å². The fraction of sp³-hybridized carbons (Fsp3) is 0.226. The summed E-state index contributed by atoms with van der Waals surface area (Å²) in [5, 5.41) is 0. The molecule has 4 aromatic carbocycles. The number of rotatable bonds is 7. The molecule has 0 unspecified atom stereocenters. The van der Waals surface area contributed by atoms with Gasteiger partial charge in [-0.15, -0.1) is 0 Å². The Morgan fingerprint density at radius 1 is 0.583 bits per heavy atom. The molecule has 0 bridgehead atoms. The van der Waals surface area contributed by atoms with Crippen molar-refractivity contribution in [1.82, 2.24) is 0 Å². The lowest BCUT2D eigenvalue weighted by Gasteiger charge is -2.09. The Balaban J connectivity index is 0.00000109. The third-order valence-electron chi connectivity index (χ3n) is 5.25. The van der Waals surface area contributed by atoms with Crippen LogP contribution < -0.4 is 9.47 Å². The Hall–Kier alpha value is -3.57. The Labute approximate surface area is 216 Å². The van der Waals surface area contributed by atoms with Crippen LogP contribution in [0.15, 0.2) is 107 Å². The van der Waals surface area contributed by atoms with Gasteiger partial charge in [-0.25, -0.2) is 8.42 Å². The molecular weight excluding hydrogens is 468 g/mol. The second-order valence-corrected chi connectivity index (χ2v) is 9.45. The first-order valence-electron chi connectivity index (χ1n) is 12.2. The number of benzene rings is 4. The van der Waals surface area contributed by atoms with Crippen molar-refractivity contribution < 1.29 is 17.9 Å². The van der Waals surface area contributed by atoms with E-state index in [1.54, 1.807) is 55.6 Å². The molecule has 0 N–H and O–H groups in total. The standard InChI is InChI=1S/C27H24O4S.2C2H6/c1-20-3-7-22(8-4-20)23-9-11-25(12-10-23)31-19-21-5-15-26(16-6-21)32(28,29)27-17-13-24(30-2)14-18-27;2*1-2/h3-18H,19H2,1-2H3;2*1-2H3. The highest BCUT2D eigenvalue weighted by atomic mass is 32.2. The highest BCUT2D eigenvalue weighted by Gasteiger charge is 2.17. The summed E-state index contributed by atoms with van der Waals surface area (Å²) in [6.07, 6.45) is 0. The molecule has 0 aromatic heterocycles. The van der Waals surface area contributed by atoms with Gasteiger partial charge >= 0.3 is 0 Å². The lowest BCUT2D eigenvalue weighted by molar-refractivity contribution is 0.306.